The second-order valence-electron chi connectivity index (χ2n) is 3.85. The third kappa shape index (κ3) is 6.89. The SMILES string of the molecule is CC[Si](CCCNC(N)=O)(OC(C)=O)OC(C)=O. The van der Waals surface area contributed by atoms with Crippen LogP contribution in [0.1, 0.15) is 27.2 Å². The van der Waals surface area contributed by atoms with Crippen LogP contribution in [0.5, 0.6) is 0 Å². The first-order valence-corrected chi connectivity index (χ1v) is 7.97. The molecule has 0 saturated heterocycles. The smallest absolute Gasteiger partial charge is 0.464 e. The zero-order chi connectivity index (χ0) is 14.2. The van der Waals surface area contributed by atoms with Crippen molar-refractivity contribution in [2.24, 2.45) is 5.73 Å². The van der Waals surface area contributed by atoms with Crippen LogP contribution in [0, 0.1) is 0 Å². The van der Waals surface area contributed by atoms with E-state index in [1.165, 1.54) is 13.8 Å². The minimum atomic E-state index is -2.86. The predicted molar refractivity (Wildman–Crippen MR) is 66.8 cm³/mol. The summed E-state index contributed by atoms with van der Waals surface area (Å²) in [5.74, 6) is -0.930. The lowest BCUT2D eigenvalue weighted by molar-refractivity contribution is -0.139. The number of nitrogens with two attached hydrogens (primary N) is 1. The lowest BCUT2D eigenvalue weighted by atomic mass is 10.5. The highest BCUT2D eigenvalue weighted by Gasteiger charge is 2.41. The maximum absolute atomic E-state index is 11.1. The van der Waals surface area contributed by atoms with Crippen molar-refractivity contribution in [2.45, 2.75) is 39.3 Å². The van der Waals surface area contributed by atoms with Gasteiger partial charge >= 0.3 is 14.6 Å². The van der Waals surface area contributed by atoms with Crippen LogP contribution in [0.15, 0.2) is 0 Å². The largest absolute Gasteiger partial charge is 0.485 e. The van der Waals surface area contributed by atoms with Gasteiger partial charge in [-0.3, -0.25) is 9.59 Å². The van der Waals surface area contributed by atoms with Gasteiger partial charge in [0.1, 0.15) is 0 Å². The highest BCUT2D eigenvalue weighted by Crippen LogP contribution is 2.21. The Morgan fingerprint density at radius 1 is 1.17 bits per heavy atom. The summed E-state index contributed by atoms with van der Waals surface area (Å²) in [6.07, 6.45) is 0.531. The first kappa shape index (κ1) is 16.4. The third-order valence-electron chi connectivity index (χ3n) is 2.23. The average Bonchev–Trinajstić information content (AvgIpc) is 2.22. The van der Waals surface area contributed by atoms with Crippen LogP contribution in [-0.4, -0.2) is 33.1 Å². The molecule has 0 bridgehead atoms. The monoisotopic (exact) mass is 276 g/mol. The van der Waals surface area contributed by atoms with E-state index < -0.39 is 26.5 Å². The Morgan fingerprint density at radius 2 is 1.67 bits per heavy atom. The van der Waals surface area contributed by atoms with E-state index in [9.17, 15) is 14.4 Å². The summed E-state index contributed by atoms with van der Waals surface area (Å²) in [4.78, 5) is 32.6. The third-order valence-corrected chi connectivity index (χ3v) is 5.74. The van der Waals surface area contributed by atoms with Crippen LogP contribution >= 0.6 is 0 Å². The standard InChI is InChI=1S/C10H20N2O5Si/c1-4-18(16-8(2)13,17-9(3)14)7-5-6-12-10(11)15/h4-7H2,1-3H3,(H3,11,12,15). The summed E-state index contributed by atoms with van der Waals surface area (Å²) >= 11 is 0. The van der Waals surface area contributed by atoms with Gasteiger partial charge < -0.3 is 19.9 Å². The Labute approximate surface area is 107 Å². The predicted octanol–water partition coefficient (Wildman–Crippen LogP) is 0.633. The van der Waals surface area contributed by atoms with Gasteiger partial charge in [0.2, 0.25) is 0 Å². The maximum atomic E-state index is 11.1. The first-order valence-electron chi connectivity index (χ1n) is 5.74. The second kappa shape index (κ2) is 7.70. The van der Waals surface area contributed by atoms with E-state index in [0.717, 1.165) is 0 Å². The van der Waals surface area contributed by atoms with E-state index >= 15 is 0 Å². The normalized spacial score (nSPS) is 10.6. The fourth-order valence-corrected chi connectivity index (χ4v) is 4.19. The molecule has 0 aliphatic heterocycles. The average molecular weight is 276 g/mol. The van der Waals surface area contributed by atoms with Crippen LogP contribution in [0.2, 0.25) is 12.1 Å². The van der Waals surface area contributed by atoms with Crippen molar-refractivity contribution in [2.75, 3.05) is 6.54 Å². The van der Waals surface area contributed by atoms with Gasteiger partial charge in [-0.2, -0.15) is 0 Å². The van der Waals surface area contributed by atoms with Gasteiger partial charge in [-0.25, -0.2) is 4.79 Å². The van der Waals surface area contributed by atoms with E-state index in [-0.39, 0.29) is 0 Å². The Bertz CT molecular complexity index is 305. The van der Waals surface area contributed by atoms with E-state index in [0.29, 0.717) is 25.1 Å². The molecule has 0 aromatic rings. The van der Waals surface area contributed by atoms with Crippen LogP contribution in [0.25, 0.3) is 0 Å². The Hall–Kier alpha value is -1.57. The zero-order valence-electron chi connectivity index (χ0n) is 10.9. The summed E-state index contributed by atoms with van der Waals surface area (Å²) in [5.41, 5.74) is 4.93. The lowest BCUT2D eigenvalue weighted by Gasteiger charge is -2.27. The van der Waals surface area contributed by atoms with Crippen LogP contribution in [-0.2, 0) is 18.4 Å². The Balaban J connectivity index is 4.47. The molecule has 0 radical (unpaired) electrons. The van der Waals surface area contributed by atoms with Crippen molar-refractivity contribution in [3.63, 3.8) is 0 Å². The molecule has 0 unspecified atom stereocenters. The summed E-state index contributed by atoms with van der Waals surface area (Å²) in [5, 5.41) is 2.43. The number of nitrogens with one attached hydrogen (secondary N) is 1. The molecule has 3 N–H and O–H groups in total. The molecule has 7 nitrogen and oxygen atoms in total. The molecular formula is C10H20N2O5Si. The fraction of sp³-hybridized carbons (Fsp3) is 0.700. The molecule has 18 heavy (non-hydrogen) atoms. The molecule has 0 aliphatic carbocycles. The number of hydrogen-bond acceptors (Lipinski definition) is 5. The van der Waals surface area contributed by atoms with Gasteiger partial charge in [-0.15, -0.1) is 0 Å². The highest BCUT2D eigenvalue weighted by molar-refractivity contribution is 6.70. The number of carbonyl (C=O) groups is 3. The molecule has 0 saturated carbocycles. The minimum absolute atomic E-state index is 0.354. The fourth-order valence-electron chi connectivity index (χ4n) is 1.54. The number of hydrogen-bond donors (Lipinski definition) is 2. The Kier molecular flexibility index (Phi) is 7.02. The topological polar surface area (TPSA) is 108 Å². The molecule has 8 heteroatoms. The minimum Gasteiger partial charge on any atom is -0.485 e. The summed E-state index contributed by atoms with van der Waals surface area (Å²) in [6, 6.07) is 0.296. The van der Waals surface area contributed by atoms with Gasteiger partial charge in [-0.05, 0) is 6.42 Å². The molecule has 0 fully saturated rings. The van der Waals surface area contributed by atoms with E-state index in [2.05, 4.69) is 5.32 Å². The van der Waals surface area contributed by atoms with Gasteiger partial charge in [0.15, 0.2) is 0 Å². The molecule has 0 heterocycles. The van der Waals surface area contributed by atoms with E-state index in [1.54, 1.807) is 6.92 Å². The number of primary amides is 1. The van der Waals surface area contributed by atoms with Crippen molar-refractivity contribution in [3.05, 3.63) is 0 Å². The maximum Gasteiger partial charge on any atom is 0.464 e. The van der Waals surface area contributed by atoms with E-state index in [1.807, 2.05) is 0 Å². The first-order chi connectivity index (χ1) is 8.31. The van der Waals surface area contributed by atoms with E-state index in [4.69, 9.17) is 14.6 Å². The quantitative estimate of drug-likeness (QED) is 0.524. The van der Waals surface area contributed by atoms with Gasteiger partial charge in [0.05, 0.1) is 0 Å². The van der Waals surface area contributed by atoms with Crippen LogP contribution in [0.3, 0.4) is 0 Å². The van der Waals surface area contributed by atoms with Crippen molar-refractivity contribution in [1.29, 1.82) is 0 Å². The molecule has 0 aromatic carbocycles. The van der Waals surface area contributed by atoms with Gasteiger partial charge in [0.25, 0.3) is 11.9 Å². The molecule has 104 valence electrons. The van der Waals surface area contributed by atoms with Gasteiger partial charge in [-0.1, -0.05) is 6.92 Å². The summed E-state index contributed by atoms with van der Waals surface area (Å²) in [7, 11) is -2.86. The van der Waals surface area contributed by atoms with Crippen LogP contribution < -0.4 is 11.1 Å². The van der Waals surface area contributed by atoms with Gasteiger partial charge in [0, 0.05) is 32.5 Å². The number of rotatable bonds is 7. The molecule has 2 amide bonds. The van der Waals surface area contributed by atoms with Crippen molar-refractivity contribution < 1.29 is 23.2 Å². The molecule has 0 aliphatic rings. The van der Waals surface area contributed by atoms with Crippen molar-refractivity contribution >= 4 is 26.5 Å². The molecule has 0 atom stereocenters. The molecule has 0 rings (SSSR count). The number of amides is 2. The summed E-state index contributed by atoms with van der Waals surface area (Å²) < 4.78 is 10.4. The summed E-state index contributed by atoms with van der Waals surface area (Å²) in [6.45, 7) is 4.72. The van der Waals surface area contributed by atoms with Crippen molar-refractivity contribution in [1.82, 2.24) is 5.32 Å². The number of carbonyl (C=O) groups excluding carboxylic acids is 3. The van der Waals surface area contributed by atoms with Crippen molar-refractivity contribution in [3.8, 4) is 0 Å². The van der Waals surface area contributed by atoms with Crippen LogP contribution in [0.4, 0.5) is 4.79 Å². The lowest BCUT2D eigenvalue weighted by Crippen LogP contribution is -2.45. The zero-order valence-corrected chi connectivity index (χ0v) is 11.9. The molecular weight excluding hydrogens is 256 g/mol. The molecule has 0 spiro atoms. The highest BCUT2D eigenvalue weighted by atomic mass is 28.4. The number of urea groups is 1. The Morgan fingerprint density at radius 3 is 2.00 bits per heavy atom. The second-order valence-corrected chi connectivity index (χ2v) is 7.28. The molecule has 0 aromatic heterocycles.